The molecule has 0 aromatic heterocycles. The first kappa shape index (κ1) is 20.4. The lowest BCUT2D eigenvalue weighted by Crippen LogP contribution is -2.20. The number of nitrogens with one attached hydrogen (secondary N) is 1. The van der Waals surface area contributed by atoms with Gasteiger partial charge >= 0.3 is 0 Å². The second-order valence-corrected chi connectivity index (χ2v) is 9.37. The molecule has 0 saturated carbocycles. The fourth-order valence-electron chi connectivity index (χ4n) is 2.63. The number of phenols is 1. The topological polar surface area (TPSA) is 70.9 Å². The van der Waals surface area contributed by atoms with Crippen LogP contribution in [0.25, 0.3) is 6.08 Å². The van der Waals surface area contributed by atoms with Crippen molar-refractivity contribution >= 4 is 28.9 Å². The van der Waals surface area contributed by atoms with E-state index in [4.69, 9.17) is 4.84 Å². The third-order valence-electron chi connectivity index (χ3n) is 3.97. The maximum atomic E-state index is 12.2. The molecule has 0 atom stereocenters. The molecule has 1 aliphatic rings. The van der Waals surface area contributed by atoms with Crippen LogP contribution in [0.15, 0.2) is 22.2 Å². The Kier molecular flexibility index (Phi) is 5.76. The van der Waals surface area contributed by atoms with Gasteiger partial charge < -0.3 is 9.94 Å². The average molecular weight is 377 g/mol. The molecule has 6 heteroatoms. The SMILES string of the molecule is CCO/N=C1\NC(=O)/C(=C\c2cc(C(C)(C)C)c(O)c(C(C)(C)C)c2)S1. The molecule has 0 unspecified atom stereocenters. The fraction of sp³-hybridized carbons (Fsp3) is 0.500. The minimum Gasteiger partial charge on any atom is -0.507 e. The summed E-state index contributed by atoms with van der Waals surface area (Å²) in [6.45, 7) is 14.7. The summed E-state index contributed by atoms with van der Waals surface area (Å²) in [4.78, 5) is 17.7. The third kappa shape index (κ3) is 4.61. The van der Waals surface area contributed by atoms with Crippen molar-refractivity contribution in [2.24, 2.45) is 5.16 Å². The molecular weight excluding hydrogens is 348 g/mol. The van der Waals surface area contributed by atoms with E-state index in [9.17, 15) is 9.90 Å². The standard InChI is InChI=1S/C20H28N2O3S/c1-8-25-22-18-21-17(24)15(26-18)11-12-9-13(19(2,3)4)16(23)14(10-12)20(5,6)7/h9-11,23H,8H2,1-7H3,(H,21,22,24)/b15-11+. The van der Waals surface area contributed by atoms with Crippen LogP contribution in [0.1, 0.15) is 65.2 Å². The molecule has 142 valence electrons. The summed E-state index contributed by atoms with van der Waals surface area (Å²) in [6.07, 6.45) is 1.83. The number of amidine groups is 1. The van der Waals surface area contributed by atoms with Crippen LogP contribution in [-0.2, 0) is 20.5 Å². The lowest BCUT2D eigenvalue weighted by molar-refractivity contribution is -0.115. The molecular formula is C20H28N2O3S. The molecule has 0 spiro atoms. The lowest BCUT2D eigenvalue weighted by Gasteiger charge is -2.28. The number of thioether (sulfide) groups is 1. The summed E-state index contributed by atoms with van der Waals surface area (Å²) in [6, 6.07) is 3.90. The van der Waals surface area contributed by atoms with Crippen LogP contribution in [0.4, 0.5) is 0 Å². The van der Waals surface area contributed by atoms with E-state index in [1.807, 2.05) is 25.1 Å². The second kappa shape index (κ2) is 7.35. The molecule has 0 bridgehead atoms. The Morgan fingerprint density at radius 1 is 1.15 bits per heavy atom. The highest BCUT2D eigenvalue weighted by molar-refractivity contribution is 8.18. The van der Waals surface area contributed by atoms with Crippen LogP contribution in [0.5, 0.6) is 5.75 Å². The van der Waals surface area contributed by atoms with E-state index in [1.165, 1.54) is 11.8 Å². The average Bonchev–Trinajstić information content (AvgIpc) is 2.84. The number of amides is 1. The van der Waals surface area contributed by atoms with Crippen molar-refractivity contribution in [2.75, 3.05) is 6.61 Å². The van der Waals surface area contributed by atoms with E-state index < -0.39 is 0 Å². The first-order valence-corrected chi connectivity index (χ1v) is 9.54. The van der Waals surface area contributed by atoms with E-state index in [0.717, 1.165) is 16.7 Å². The minimum atomic E-state index is -0.217. The predicted octanol–water partition coefficient (Wildman–Crippen LogP) is 4.50. The molecule has 2 rings (SSSR count). The van der Waals surface area contributed by atoms with Crippen molar-refractivity contribution in [1.82, 2.24) is 5.32 Å². The summed E-state index contributed by atoms with van der Waals surface area (Å²) in [7, 11) is 0. The van der Waals surface area contributed by atoms with Gasteiger partial charge in [-0.2, -0.15) is 0 Å². The Morgan fingerprint density at radius 2 is 1.69 bits per heavy atom. The second-order valence-electron chi connectivity index (χ2n) is 8.34. The molecule has 0 aliphatic carbocycles. The number of carbonyl (C=O) groups is 1. The number of rotatable bonds is 3. The van der Waals surface area contributed by atoms with E-state index >= 15 is 0 Å². The number of carbonyl (C=O) groups excluding carboxylic acids is 1. The normalized spacial score (nSPS) is 18.5. The predicted molar refractivity (Wildman–Crippen MR) is 108 cm³/mol. The Bertz CT molecular complexity index is 733. The summed E-state index contributed by atoms with van der Waals surface area (Å²) >= 11 is 1.25. The molecule has 1 aromatic rings. The molecule has 26 heavy (non-hydrogen) atoms. The van der Waals surface area contributed by atoms with Crippen molar-refractivity contribution < 1.29 is 14.7 Å². The molecule has 5 nitrogen and oxygen atoms in total. The molecule has 1 amide bonds. The summed E-state index contributed by atoms with van der Waals surface area (Å²) in [5, 5.41) is 17.8. The van der Waals surface area contributed by atoms with Gasteiger partial charge in [-0.15, -0.1) is 0 Å². The largest absolute Gasteiger partial charge is 0.507 e. The van der Waals surface area contributed by atoms with E-state index in [1.54, 1.807) is 0 Å². The Labute approximate surface area is 159 Å². The number of hydrogen-bond donors (Lipinski definition) is 2. The van der Waals surface area contributed by atoms with Gasteiger partial charge in [-0.25, -0.2) is 0 Å². The zero-order valence-electron chi connectivity index (χ0n) is 16.6. The first-order valence-electron chi connectivity index (χ1n) is 8.72. The number of aromatic hydroxyl groups is 1. The van der Waals surface area contributed by atoms with Gasteiger partial charge in [0.1, 0.15) is 12.4 Å². The summed E-state index contributed by atoms with van der Waals surface area (Å²) in [5.74, 6) is 0.130. The maximum Gasteiger partial charge on any atom is 0.264 e. The fourth-order valence-corrected chi connectivity index (χ4v) is 3.41. The number of hydrogen-bond acceptors (Lipinski definition) is 5. The molecule has 0 radical (unpaired) electrons. The summed E-state index contributed by atoms with van der Waals surface area (Å²) in [5.41, 5.74) is 2.18. The Hall–Kier alpha value is -1.95. The highest BCUT2D eigenvalue weighted by atomic mass is 32.2. The molecule has 2 N–H and O–H groups in total. The maximum absolute atomic E-state index is 12.2. The molecule has 1 aromatic carbocycles. The smallest absolute Gasteiger partial charge is 0.264 e. The van der Waals surface area contributed by atoms with Crippen LogP contribution < -0.4 is 5.32 Å². The molecule has 1 aliphatic heterocycles. The zero-order valence-corrected chi connectivity index (χ0v) is 17.4. The summed E-state index contributed by atoms with van der Waals surface area (Å²) < 4.78 is 0. The van der Waals surface area contributed by atoms with E-state index in [0.29, 0.717) is 22.4 Å². The van der Waals surface area contributed by atoms with Crippen LogP contribution in [0.3, 0.4) is 0 Å². The third-order valence-corrected chi connectivity index (χ3v) is 4.87. The van der Waals surface area contributed by atoms with Gasteiger partial charge in [-0.1, -0.05) is 46.7 Å². The van der Waals surface area contributed by atoms with Crippen LogP contribution >= 0.6 is 11.8 Å². The molecule has 1 saturated heterocycles. The van der Waals surface area contributed by atoms with Crippen LogP contribution in [0.2, 0.25) is 0 Å². The van der Waals surface area contributed by atoms with E-state index in [2.05, 4.69) is 52.0 Å². The Balaban J connectivity index is 2.52. The molecule has 1 heterocycles. The van der Waals surface area contributed by atoms with Crippen molar-refractivity contribution in [1.29, 1.82) is 0 Å². The van der Waals surface area contributed by atoms with Crippen molar-refractivity contribution in [3.63, 3.8) is 0 Å². The lowest BCUT2D eigenvalue weighted by atomic mass is 9.78. The highest BCUT2D eigenvalue weighted by Gasteiger charge is 2.28. The number of phenolic OH excluding ortho intramolecular Hbond substituents is 1. The van der Waals surface area contributed by atoms with Gasteiger partial charge in [-0.3, -0.25) is 10.1 Å². The van der Waals surface area contributed by atoms with Gasteiger partial charge in [0.2, 0.25) is 5.17 Å². The van der Waals surface area contributed by atoms with E-state index in [-0.39, 0.29) is 16.7 Å². The van der Waals surface area contributed by atoms with Crippen LogP contribution in [-0.4, -0.2) is 22.8 Å². The van der Waals surface area contributed by atoms with Gasteiger partial charge in [0, 0.05) is 11.1 Å². The van der Waals surface area contributed by atoms with Crippen LogP contribution in [0, 0.1) is 0 Å². The quantitative estimate of drug-likeness (QED) is 0.602. The van der Waals surface area contributed by atoms with Gasteiger partial charge in [-0.05, 0) is 53.3 Å². The van der Waals surface area contributed by atoms with Crippen molar-refractivity contribution in [3.05, 3.63) is 33.7 Å². The van der Waals surface area contributed by atoms with Crippen molar-refractivity contribution in [3.8, 4) is 5.75 Å². The number of benzene rings is 1. The van der Waals surface area contributed by atoms with Gasteiger partial charge in [0.25, 0.3) is 5.91 Å². The monoisotopic (exact) mass is 376 g/mol. The zero-order chi connectivity index (χ0) is 19.7. The number of oxime groups is 1. The van der Waals surface area contributed by atoms with Gasteiger partial charge in [0.15, 0.2) is 0 Å². The van der Waals surface area contributed by atoms with Gasteiger partial charge in [0.05, 0.1) is 4.91 Å². The highest BCUT2D eigenvalue weighted by Crippen LogP contribution is 2.40. The van der Waals surface area contributed by atoms with Crippen molar-refractivity contribution in [2.45, 2.75) is 59.3 Å². The first-order chi connectivity index (χ1) is 11.9. The number of nitrogens with zero attached hydrogens (tertiary/aromatic N) is 1. The molecule has 1 fully saturated rings. The Morgan fingerprint density at radius 3 is 2.15 bits per heavy atom. The minimum absolute atomic E-state index is 0.198.